The normalized spacial score (nSPS) is 19.7. The van der Waals surface area contributed by atoms with E-state index >= 15 is 0 Å². The molecule has 1 heterocycles. The molecule has 0 bridgehead atoms. The van der Waals surface area contributed by atoms with Crippen LogP contribution >= 0.6 is 0 Å². The minimum Gasteiger partial charge on any atom is -0.458 e. The molecular weight excluding hydrogens is 312 g/mol. The Bertz CT molecular complexity index is 372. The standard InChI is InChI=1S/C22H38O3/c1-3-5-6-7-8-9-10-11-12-13-14-15-16-17-22(23)25-21-18-19-24-20(21)4-2/h2,20-21H,3,5-19H2,1H3. The molecule has 0 aromatic carbocycles. The van der Waals surface area contributed by atoms with Crippen LogP contribution in [0.1, 0.15) is 103 Å². The van der Waals surface area contributed by atoms with Gasteiger partial charge in [-0.25, -0.2) is 0 Å². The lowest BCUT2D eigenvalue weighted by atomic mass is 10.0. The quantitative estimate of drug-likeness (QED) is 0.213. The third-order valence-electron chi connectivity index (χ3n) is 4.97. The van der Waals surface area contributed by atoms with Crippen molar-refractivity contribution >= 4 is 5.97 Å². The van der Waals surface area contributed by atoms with Crippen molar-refractivity contribution in [1.82, 2.24) is 0 Å². The Balaban J connectivity index is 1.82. The lowest BCUT2D eigenvalue weighted by Crippen LogP contribution is -2.25. The Morgan fingerprint density at radius 1 is 0.960 bits per heavy atom. The van der Waals surface area contributed by atoms with Crippen LogP contribution in [-0.2, 0) is 14.3 Å². The van der Waals surface area contributed by atoms with Crippen LogP contribution in [0.25, 0.3) is 0 Å². The number of hydrogen-bond donors (Lipinski definition) is 0. The topological polar surface area (TPSA) is 35.5 Å². The first kappa shape index (κ1) is 22.0. The van der Waals surface area contributed by atoms with Gasteiger partial charge < -0.3 is 9.47 Å². The van der Waals surface area contributed by atoms with Gasteiger partial charge in [-0.15, -0.1) is 6.42 Å². The highest BCUT2D eigenvalue weighted by Gasteiger charge is 2.29. The van der Waals surface area contributed by atoms with Crippen molar-refractivity contribution in [3.8, 4) is 12.3 Å². The van der Waals surface area contributed by atoms with E-state index in [9.17, 15) is 4.79 Å². The molecule has 1 rings (SSSR count). The van der Waals surface area contributed by atoms with E-state index in [1.54, 1.807) is 0 Å². The smallest absolute Gasteiger partial charge is 0.306 e. The van der Waals surface area contributed by atoms with Crippen LogP contribution in [0.4, 0.5) is 0 Å². The van der Waals surface area contributed by atoms with Gasteiger partial charge in [0.2, 0.25) is 0 Å². The molecule has 0 spiro atoms. The van der Waals surface area contributed by atoms with Crippen LogP contribution < -0.4 is 0 Å². The first-order valence-electron chi connectivity index (χ1n) is 10.5. The third kappa shape index (κ3) is 11.3. The Hall–Kier alpha value is -1.01. The number of terminal acetylenes is 1. The molecule has 0 aromatic rings. The van der Waals surface area contributed by atoms with Crippen molar-refractivity contribution in [3.05, 3.63) is 0 Å². The fourth-order valence-electron chi connectivity index (χ4n) is 3.36. The monoisotopic (exact) mass is 350 g/mol. The van der Waals surface area contributed by atoms with Crippen LogP contribution in [0.2, 0.25) is 0 Å². The molecule has 2 unspecified atom stereocenters. The summed E-state index contributed by atoms with van der Waals surface area (Å²) in [6.45, 7) is 2.85. The molecule has 1 saturated heterocycles. The Morgan fingerprint density at radius 3 is 2.00 bits per heavy atom. The highest BCUT2D eigenvalue weighted by molar-refractivity contribution is 5.69. The molecule has 1 aliphatic rings. The predicted molar refractivity (Wildman–Crippen MR) is 103 cm³/mol. The average molecular weight is 351 g/mol. The van der Waals surface area contributed by atoms with E-state index < -0.39 is 0 Å². The van der Waals surface area contributed by atoms with Gasteiger partial charge in [0, 0.05) is 12.8 Å². The summed E-state index contributed by atoms with van der Waals surface area (Å²) >= 11 is 0. The zero-order valence-electron chi connectivity index (χ0n) is 16.3. The molecule has 2 atom stereocenters. The molecule has 1 aliphatic heterocycles. The fourth-order valence-corrected chi connectivity index (χ4v) is 3.36. The van der Waals surface area contributed by atoms with Crippen molar-refractivity contribution in [2.45, 2.75) is 115 Å². The molecule has 0 radical (unpaired) electrons. The highest BCUT2D eigenvalue weighted by atomic mass is 16.6. The molecule has 3 heteroatoms. The Morgan fingerprint density at radius 2 is 1.48 bits per heavy atom. The fraction of sp³-hybridized carbons (Fsp3) is 0.864. The summed E-state index contributed by atoms with van der Waals surface area (Å²) < 4.78 is 10.7. The molecule has 3 nitrogen and oxygen atoms in total. The van der Waals surface area contributed by atoms with E-state index in [-0.39, 0.29) is 18.2 Å². The summed E-state index contributed by atoms with van der Waals surface area (Å²) in [5.74, 6) is 2.41. The molecule has 0 amide bonds. The lowest BCUT2D eigenvalue weighted by molar-refractivity contribution is -0.150. The van der Waals surface area contributed by atoms with Crippen molar-refractivity contribution in [1.29, 1.82) is 0 Å². The summed E-state index contributed by atoms with van der Waals surface area (Å²) in [5, 5.41) is 0. The van der Waals surface area contributed by atoms with Gasteiger partial charge in [0.25, 0.3) is 0 Å². The van der Waals surface area contributed by atoms with Gasteiger partial charge in [-0.05, 0) is 6.42 Å². The maximum Gasteiger partial charge on any atom is 0.306 e. The average Bonchev–Trinajstić information content (AvgIpc) is 3.06. The summed E-state index contributed by atoms with van der Waals surface area (Å²) in [6.07, 6.45) is 23.0. The number of rotatable bonds is 15. The van der Waals surface area contributed by atoms with Crippen molar-refractivity contribution in [3.63, 3.8) is 0 Å². The van der Waals surface area contributed by atoms with E-state index in [4.69, 9.17) is 15.9 Å². The van der Waals surface area contributed by atoms with Crippen LogP contribution in [-0.4, -0.2) is 24.8 Å². The minimum absolute atomic E-state index is 0.126. The summed E-state index contributed by atoms with van der Waals surface area (Å²) in [5.41, 5.74) is 0. The number of hydrogen-bond acceptors (Lipinski definition) is 3. The molecular formula is C22H38O3. The first-order valence-corrected chi connectivity index (χ1v) is 10.5. The van der Waals surface area contributed by atoms with Gasteiger partial charge >= 0.3 is 5.97 Å². The number of ether oxygens (including phenoxy) is 2. The zero-order chi connectivity index (χ0) is 18.2. The first-order chi connectivity index (χ1) is 12.3. The number of carbonyl (C=O) groups excluding carboxylic acids is 1. The second-order valence-electron chi connectivity index (χ2n) is 7.27. The van der Waals surface area contributed by atoms with Crippen molar-refractivity contribution < 1.29 is 14.3 Å². The summed E-state index contributed by atoms with van der Waals surface area (Å²) in [4.78, 5) is 11.8. The molecule has 0 saturated carbocycles. The van der Waals surface area contributed by atoms with E-state index in [1.807, 2.05) is 0 Å². The van der Waals surface area contributed by atoms with Crippen LogP contribution in [0.5, 0.6) is 0 Å². The highest BCUT2D eigenvalue weighted by Crippen LogP contribution is 2.18. The second kappa shape index (κ2) is 15.3. The van der Waals surface area contributed by atoms with E-state index in [0.717, 1.165) is 19.3 Å². The molecule has 1 fully saturated rings. The Kier molecular flexibility index (Phi) is 13.4. The summed E-state index contributed by atoms with van der Waals surface area (Å²) in [7, 11) is 0. The second-order valence-corrected chi connectivity index (χ2v) is 7.27. The SMILES string of the molecule is C#CC1OCCC1OC(=O)CCCCCCCCCCCCCCC. The molecule has 0 aromatic heterocycles. The van der Waals surface area contributed by atoms with E-state index in [0.29, 0.717) is 13.0 Å². The van der Waals surface area contributed by atoms with Gasteiger partial charge in [0.15, 0.2) is 6.10 Å². The Labute approximate surface area is 155 Å². The molecule has 25 heavy (non-hydrogen) atoms. The zero-order valence-corrected chi connectivity index (χ0v) is 16.3. The molecule has 0 N–H and O–H groups in total. The van der Waals surface area contributed by atoms with Gasteiger partial charge in [0.1, 0.15) is 6.10 Å². The van der Waals surface area contributed by atoms with Gasteiger partial charge in [-0.2, -0.15) is 0 Å². The van der Waals surface area contributed by atoms with Gasteiger partial charge in [0.05, 0.1) is 6.61 Å². The van der Waals surface area contributed by atoms with Crippen molar-refractivity contribution in [2.75, 3.05) is 6.61 Å². The van der Waals surface area contributed by atoms with E-state index in [1.165, 1.54) is 70.6 Å². The number of unbranched alkanes of at least 4 members (excludes halogenated alkanes) is 12. The molecule has 144 valence electrons. The van der Waals surface area contributed by atoms with Crippen LogP contribution in [0, 0.1) is 12.3 Å². The molecule has 0 aliphatic carbocycles. The minimum atomic E-state index is -0.351. The lowest BCUT2D eigenvalue weighted by Gasteiger charge is -2.14. The van der Waals surface area contributed by atoms with Crippen LogP contribution in [0.15, 0.2) is 0 Å². The maximum absolute atomic E-state index is 11.8. The third-order valence-corrected chi connectivity index (χ3v) is 4.97. The van der Waals surface area contributed by atoms with E-state index in [2.05, 4.69) is 12.8 Å². The largest absolute Gasteiger partial charge is 0.458 e. The van der Waals surface area contributed by atoms with Gasteiger partial charge in [-0.1, -0.05) is 89.9 Å². The number of carbonyl (C=O) groups is 1. The number of esters is 1. The van der Waals surface area contributed by atoms with Crippen LogP contribution in [0.3, 0.4) is 0 Å². The van der Waals surface area contributed by atoms with Gasteiger partial charge in [-0.3, -0.25) is 4.79 Å². The summed E-state index contributed by atoms with van der Waals surface area (Å²) in [6, 6.07) is 0. The van der Waals surface area contributed by atoms with Crippen molar-refractivity contribution in [2.24, 2.45) is 0 Å². The maximum atomic E-state index is 11.8. The predicted octanol–water partition coefficient (Wildman–Crippen LogP) is 5.80.